The second-order valence-electron chi connectivity index (χ2n) is 5.77. The molecule has 1 unspecified atom stereocenters. The maximum Gasteiger partial charge on any atom is 0.321 e. The van der Waals surface area contributed by atoms with Crippen molar-refractivity contribution in [3.05, 3.63) is 34.9 Å². The van der Waals surface area contributed by atoms with Crippen LogP contribution in [0.2, 0.25) is 5.02 Å². The molecular formula is C17H25ClO4S. The molecule has 0 aliphatic heterocycles. The van der Waals surface area contributed by atoms with Crippen LogP contribution in [-0.2, 0) is 21.1 Å². The highest BCUT2D eigenvalue weighted by atomic mass is 35.5. The number of carboxylic acid groups (broad SMARTS) is 1. The molecule has 0 saturated heterocycles. The second kappa shape index (κ2) is 9.93. The highest BCUT2D eigenvalue weighted by Gasteiger charge is 2.31. The van der Waals surface area contributed by atoms with Crippen LogP contribution >= 0.6 is 11.6 Å². The van der Waals surface area contributed by atoms with Crippen LogP contribution in [0.3, 0.4) is 0 Å². The van der Waals surface area contributed by atoms with Crippen molar-refractivity contribution in [3.8, 4) is 0 Å². The zero-order chi connectivity index (χ0) is 17.3. The van der Waals surface area contributed by atoms with Gasteiger partial charge in [-0.3, -0.25) is 4.79 Å². The lowest BCUT2D eigenvalue weighted by molar-refractivity contribution is -0.136. The fraction of sp³-hybridized carbons (Fsp3) is 0.588. The number of unbranched alkanes of at least 4 members (excludes halogenated alkanes) is 3. The average molecular weight is 361 g/mol. The molecule has 1 atom stereocenters. The summed E-state index contributed by atoms with van der Waals surface area (Å²) >= 11 is 5.83. The number of hydrogen-bond donors (Lipinski definition) is 1. The van der Waals surface area contributed by atoms with Gasteiger partial charge in [0.1, 0.15) is 0 Å². The molecule has 0 spiro atoms. The number of aliphatic carboxylic acids is 1. The van der Waals surface area contributed by atoms with Crippen molar-refractivity contribution < 1.29 is 18.3 Å². The molecule has 4 nitrogen and oxygen atoms in total. The molecule has 0 aromatic heterocycles. The van der Waals surface area contributed by atoms with E-state index in [1.807, 2.05) is 31.2 Å². The Labute approximate surface area is 143 Å². The molecule has 1 aromatic rings. The minimum absolute atomic E-state index is 0.0365. The number of carbonyl (C=O) groups is 1. The van der Waals surface area contributed by atoms with E-state index in [0.717, 1.165) is 25.7 Å². The summed E-state index contributed by atoms with van der Waals surface area (Å²) in [5.74, 6) is -1.26. The molecule has 1 rings (SSSR count). The number of aryl methyl sites for hydroxylation is 1. The summed E-state index contributed by atoms with van der Waals surface area (Å²) in [7, 11) is -3.54. The smallest absolute Gasteiger partial charge is 0.321 e. The van der Waals surface area contributed by atoms with E-state index in [1.54, 1.807) is 0 Å². The monoisotopic (exact) mass is 360 g/mol. The first-order valence-electron chi connectivity index (χ1n) is 8.05. The first-order valence-corrected chi connectivity index (χ1v) is 10.1. The van der Waals surface area contributed by atoms with E-state index in [4.69, 9.17) is 11.6 Å². The maximum absolute atomic E-state index is 12.1. The highest BCUT2D eigenvalue weighted by Crippen LogP contribution is 2.16. The number of halogens is 1. The number of sulfone groups is 1. The molecule has 1 N–H and O–H groups in total. The molecule has 0 amide bonds. The van der Waals surface area contributed by atoms with Gasteiger partial charge in [0.25, 0.3) is 0 Å². The largest absolute Gasteiger partial charge is 0.480 e. The summed E-state index contributed by atoms with van der Waals surface area (Å²) < 4.78 is 24.1. The van der Waals surface area contributed by atoms with Crippen LogP contribution in [0.1, 0.15) is 51.0 Å². The van der Waals surface area contributed by atoms with Crippen LogP contribution in [-0.4, -0.2) is 30.5 Å². The molecule has 1 aromatic carbocycles. The summed E-state index contributed by atoms with van der Waals surface area (Å²) in [4.78, 5) is 11.2. The van der Waals surface area contributed by atoms with E-state index in [1.165, 1.54) is 5.56 Å². The van der Waals surface area contributed by atoms with Gasteiger partial charge in [0.15, 0.2) is 15.1 Å². The van der Waals surface area contributed by atoms with E-state index in [-0.39, 0.29) is 12.2 Å². The zero-order valence-electron chi connectivity index (χ0n) is 13.5. The molecule has 0 fully saturated rings. The summed E-state index contributed by atoms with van der Waals surface area (Å²) in [6, 6.07) is 7.63. The van der Waals surface area contributed by atoms with Gasteiger partial charge in [-0.15, -0.1) is 0 Å². The van der Waals surface area contributed by atoms with Gasteiger partial charge in [-0.2, -0.15) is 0 Å². The summed E-state index contributed by atoms with van der Waals surface area (Å²) in [6.07, 6.45) is 4.67. The van der Waals surface area contributed by atoms with Crippen molar-refractivity contribution in [2.75, 3.05) is 5.75 Å². The highest BCUT2D eigenvalue weighted by molar-refractivity contribution is 7.92. The average Bonchev–Trinajstić information content (AvgIpc) is 2.50. The quantitative estimate of drug-likeness (QED) is 0.603. The van der Waals surface area contributed by atoms with Crippen molar-refractivity contribution in [1.29, 1.82) is 0 Å². The Bertz CT molecular complexity index is 581. The lowest BCUT2D eigenvalue weighted by Gasteiger charge is -2.13. The SMILES string of the molecule is CCCCS(=O)(=O)C(CCCCCc1ccc(Cl)cc1)C(=O)O. The van der Waals surface area contributed by atoms with E-state index in [0.29, 0.717) is 17.9 Å². The lowest BCUT2D eigenvalue weighted by Crippen LogP contribution is -2.32. The third-order valence-corrected chi connectivity index (χ3v) is 6.25. The zero-order valence-corrected chi connectivity index (χ0v) is 15.1. The van der Waals surface area contributed by atoms with Gasteiger partial charge in [-0.05, 0) is 43.4 Å². The number of rotatable bonds is 11. The Morgan fingerprint density at radius 2 is 1.78 bits per heavy atom. The van der Waals surface area contributed by atoms with Crippen molar-refractivity contribution in [2.24, 2.45) is 0 Å². The molecule has 130 valence electrons. The van der Waals surface area contributed by atoms with Crippen LogP contribution in [0.4, 0.5) is 0 Å². The van der Waals surface area contributed by atoms with Crippen LogP contribution < -0.4 is 0 Å². The Balaban J connectivity index is 2.38. The van der Waals surface area contributed by atoms with Gasteiger partial charge >= 0.3 is 5.97 Å². The molecule has 0 bridgehead atoms. The standard InChI is InChI=1S/C17H25ClO4S/c1-2-3-13-23(21,22)16(17(19)20)8-6-4-5-7-14-9-11-15(18)12-10-14/h9-12,16H,2-8,13H2,1H3,(H,19,20). The normalized spacial score (nSPS) is 13.0. The van der Waals surface area contributed by atoms with Gasteiger partial charge in [0.2, 0.25) is 0 Å². The molecular weight excluding hydrogens is 336 g/mol. The minimum Gasteiger partial charge on any atom is -0.480 e. The van der Waals surface area contributed by atoms with Gasteiger partial charge in [0, 0.05) is 5.02 Å². The van der Waals surface area contributed by atoms with Gasteiger partial charge in [0.05, 0.1) is 5.75 Å². The fourth-order valence-corrected chi connectivity index (χ4v) is 4.37. The van der Waals surface area contributed by atoms with E-state index < -0.39 is 21.1 Å². The summed E-state index contributed by atoms with van der Waals surface area (Å²) in [6.45, 7) is 1.89. The molecule has 23 heavy (non-hydrogen) atoms. The van der Waals surface area contributed by atoms with Crippen LogP contribution in [0, 0.1) is 0 Å². The van der Waals surface area contributed by atoms with E-state index in [2.05, 4.69) is 0 Å². The molecule has 0 heterocycles. The maximum atomic E-state index is 12.1. The predicted molar refractivity (Wildman–Crippen MR) is 93.7 cm³/mol. The first kappa shape index (κ1) is 20.0. The van der Waals surface area contributed by atoms with Crippen LogP contribution in [0.5, 0.6) is 0 Å². The second-order valence-corrected chi connectivity index (χ2v) is 8.51. The van der Waals surface area contributed by atoms with Gasteiger partial charge in [-0.1, -0.05) is 49.9 Å². The number of benzene rings is 1. The Morgan fingerprint density at radius 1 is 1.13 bits per heavy atom. The third-order valence-electron chi connectivity index (χ3n) is 3.84. The van der Waals surface area contributed by atoms with E-state index in [9.17, 15) is 18.3 Å². The van der Waals surface area contributed by atoms with Gasteiger partial charge in [-0.25, -0.2) is 8.42 Å². The summed E-state index contributed by atoms with van der Waals surface area (Å²) in [5.41, 5.74) is 1.18. The van der Waals surface area contributed by atoms with Crippen LogP contribution in [0.15, 0.2) is 24.3 Å². The number of hydrogen-bond acceptors (Lipinski definition) is 3. The van der Waals surface area contributed by atoms with Gasteiger partial charge < -0.3 is 5.11 Å². The van der Waals surface area contributed by atoms with E-state index >= 15 is 0 Å². The lowest BCUT2D eigenvalue weighted by atomic mass is 10.1. The molecule has 0 radical (unpaired) electrons. The fourth-order valence-electron chi connectivity index (χ4n) is 2.43. The van der Waals surface area contributed by atoms with Crippen molar-refractivity contribution in [2.45, 2.75) is 57.1 Å². The third kappa shape index (κ3) is 7.36. The Morgan fingerprint density at radius 3 is 2.35 bits per heavy atom. The van der Waals surface area contributed by atoms with Crippen LogP contribution in [0.25, 0.3) is 0 Å². The molecule has 0 saturated carbocycles. The number of carboxylic acids is 1. The van der Waals surface area contributed by atoms with Crippen molar-refractivity contribution >= 4 is 27.4 Å². The molecule has 0 aliphatic rings. The first-order chi connectivity index (χ1) is 10.9. The predicted octanol–water partition coefficient (Wildman–Crippen LogP) is 4.11. The van der Waals surface area contributed by atoms with Crippen molar-refractivity contribution in [1.82, 2.24) is 0 Å². The topological polar surface area (TPSA) is 71.4 Å². The van der Waals surface area contributed by atoms with Crippen molar-refractivity contribution in [3.63, 3.8) is 0 Å². The minimum atomic E-state index is -3.54. The summed E-state index contributed by atoms with van der Waals surface area (Å²) in [5, 5.41) is 8.62. The Kier molecular flexibility index (Phi) is 8.63. The Hall–Kier alpha value is -1.07. The molecule has 6 heteroatoms. The molecule has 0 aliphatic carbocycles.